The highest BCUT2D eigenvalue weighted by atomic mass is 16.2. The molecule has 0 radical (unpaired) electrons. The quantitative estimate of drug-likeness (QED) is 0.706. The normalized spacial score (nSPS) is 27.6. The van der Waals surface area contributed by atoms with Gasteiger partial charge in [-0.15, -0.1) is 0 Å². The van der Waals surface area contributed by atoms with Crippen molar-refractivity contribution in [3.05, 3.63) is 0 Å². The molecule has 2 amide bonds. The summed E-state index contributed by atoms with van der Waals surface area (Å²) in [6, 6.07) is -0.0440. The molecule has 4 nitrogen and oxygen atoms in total. The van der Waals surface area contributed by atoms with E-state index in [1.165, 1.54) is 4.90 Å². The fourth-order valence-corrected chi connectivity index (χ4v) is 2.01. The molecule has 1 saturated carbocycles. The Kier molecular flexibility index (Phi) is 3.28. The number of rotatable bonds is 5. The van der Waals surface area contributed by atoms with Gasteiger partial charge >= 0.3 is 0 Å². The molecule has 16 heavy (non-hydrogen) atoms. The van der Waals surface area contributed by atoms with Gasteiger partial charge in [0, 0.05) is 6.04 Å². The summed E-state index contributed by atoms with van der Waals surface area (Å²) in [4.78, 5) is 25.1. The summed E-state index contributed by atoms with van der Waals surface area (Å²) < 4.78 is 0. The van der Waals surface area contributed by atoms with Crippen LogP contribution in [-0.4, -0.2) is 35.3 Å². The van der Waals surface area contributed by atoms with Gasteiger partial charge in [0.15, 0.2) is 0 Å². The molecular weight excluding hydrogens is 204 g/mol. The maximum Gasteiger partial charge on any atom is 0.247 e. The molecule has 2 atom stereocenters. The van der Waals surface area contributed by atoms with Gasteiger partial charge in [-0.3, -0.25) is 14.5 Å². The van der Waals surface area contributed by atoms with Crippen LogP contribution in [0.2, 0.25) is 0 Å². The van der Waals surface area contributed by atoms with E-state index < -0.39 is 0 Å². The van der Waals surface area contributed by atoms with Gasteiger partial charge < -0.3 is 5.32 Å². The summed E-state index contributed by atoms with van der Waals surface area (Å²) in [7, 11) is 0. The van der Waals surface area contributed by atoms with Gasteiger partial charge in [0.1, 0.15) is 0 Å². The van der Waals surface area contributed by atoms with Crippen LogP contribution in [0.4, 0.5) is 0 Å². The van der Waals surface area contributed by atoms with Gasteiger partial charge in [-0.25, -0.2) is 0 Å². The average Bonchev–Trinajstić information content (AvgIpc) is 3.04. The van der Waals surface area contributed by atoms with Gasteiger partial charge in [0.25, 0.3) is 0 Å². The minimum absolute atomic E-state index is 0.00389. The van der Waals surface area contributed by atoms with Gasteiger partial charge in [-0.05, 0) is 25.3 Å². The van der Waals surface area contributed by atoms with E-state index in [1.54, 1.807) is 0 Å². The summed E-state index contributed by atoms with van der Waals surface area (Å²) in [6.07, 6.45) is 3.44. The summed E-state index contributed by atoms with van der Waals surface area (Å²) in [5.41, 5.74) is 0. The van der Waals surface area contributed by atoms with Gasteiger partial charge in [-0.1, -0.05) is 20.3 Å². The molecule has 1 saturated heterocycles. The largest absolute Gasteiger partial charge is 0.305 e. The number of imide groups is 1. The molecule has 2 fully saturated rings. The second-order valence-corrected chi connectivity index (χ2v) is 5.01. The number of hydrogen-bond acceptors (Lipinski definition) is 3. The van der Waals surface area contributed by atoms with Crippen molar-refractivity contribution in [3.8, 4) is 0 Å². The molecule has 4 heteroatoms. The number of carbonyl (C=O) groups excluding carboxylic acids is 2. The highest BCUT2D eigenvalue weighted by molar-refractivity contribution is 6.06. The van der Waals surface area contributed by atoms with Gasteiger partial charge in [0.05, 0.1) is 12.5 Å². The fourth-order valence-electron chi connectivity index (χ4n) is 2.01. The molecule has 1 aliphatic carbocycles. The Morgan fingerprint density at radius 2 is 2.12 bits per heavy atom. The van der Waals surface area contributed by atoms with Crippen molar-refractivity contribution >= 4 is 11.8 Å². The predicted molar refractivity (Wildman–Crippen MR) is 60.7 cm³/mol. The summed E-state index contributed by atoms with van der Waals surface area (Å²) in [5.74, 6) is 0.558. The van der Waals surface area contributed by atoms with Crippen molar-refractivity contribution in [2.75, 3.05) is 6.54 Å². The van der Waals surface area contributed by atoms with Crippen molar-refractivity contribution in [2.24, 2.45) is 5.92 Å². The van der Waals surface area contributed by atoms with E-state index in [4.69, 9.17) is 0 Å². The standard InChI is InChI=1S/C12H20N2O2/c1-3-8(2)7-13-10-6-11(15)14(12(10)16)9-4-5-9/h8-10,13H,3-7H2,1-2H3. The third kappa shape index (κ3) is 2.26. The third-order valence-corrected chi connectivity index (χ3v) is 3.50. The maximum atomic E-state index is 11.9. The van der Waals surface area contributed by atoms with Crippen LogP contribution in [0, 0.1) is 5.92 Å². The Labute approximate surface area is 96.4 Å². The van der Waals surface area contributed by atoms with Crippen LogP contribution in [0.3, 0.4) is 0 Å². The Morgan fingerprint density at radius 3 is 2.69 bits per heavy atom. The zero-order valence-corrected chi connectivity index (χ0v) is 10.0. The summed E-state index contributed by atoms with van der Waals surface area (Å²) in [6.45, 7) is 5.09. The summed E-state index contributed by atoms with van der Waals surface area (Å²) >= 11 is 0. The number of nitrogens with one attached hydrogen (secondary N) is 1. The monoisotopic (exact) mass is 224 g/mol. The van der Waals surface area contributed by atoms with Crippen molar-refractivity contribution < 1.29 is 9.59 Å². The smallest absolute Gasteiger partial charge is 0.247 e. The molecule has 0 aromatic carbocycles. The molecule has 2 aliphatic rings. The SMILES string of the molecule is CCC(C)CNC1CC(=O)N(C2CC2)C1=O. The molecule has 0 aromatic rings. The first-order valence-corrected chi connectivity index (χ1v) is 6.22. The van der Waals surface area contributed by atoms with Crippen LogP contribution in [0.1, 0.15) is 39.5 Å². The zero-order valence-electron chi connectivity index (χ0n) is 10.0. The van der Waals surface area contributed by atoms with E-state index >= 15 is 0 Å². The van der Waals surface area contributed by atoms with E-state index in [0.29, 0.717) is 12.3 Å². The lowest BCUT2D eigenvalue weighted by Gasteiger charge is -2.16. The lowest BCUT2D eigenvalue weighted by Crippen LogP contribution is -2.41. The molecule has 0 aromatic heterocycles. The second-order valence-electron chi connectivity index (χ2n) is 5.01. The molecular formula is C12H20N2O2. The van der Waals surface area contributed by atoms with Crippen molar-refractivity contribution in [2.45, 2.75) is 51.6 Å². The summed E-state index contributed by atoms with van der Waals surface area (Å²) in [5, 5.41) is 3.21. The average molecular weight is 224 g/mol. The van der Waals surface area contributed by atoms with Crippen LogP contribution >= 0.6 is 0 Å². The first-order valence-electron chi connectivity index (χ1n) is 6.22. The molecule has 1 heterocycles. The molecule has 1 N–H and O–H groups in total. The van der Waals surface area contributed by atoms with Crippen molar-refractivity contribution in [1.82, 2.24) is 10.2 Å². The Bertz CT molecular complexity index is 299. The van der Waals surface area contributed by atoms with Crippen LogP contribution in [0.15, 0.2) is 0 Å². The van der Waals surface area contributed by atoms with Crippen molar-refractivity contribution in [1.29, 1.82) is 0 Å². The Balaban J connectivity index is 1.87. The van der Waals surface area contributed by atoms with Crippen LogP contribution in [0.25, 0.3) is 0 Å². The third-order valence-electron chi connectivity index (χ3n) is 3.50. The zero-order chi connectivity index (χ0) is 11.7. The van der Waals surface area contributed by atoms with Gasteiger partial charge in [-0.2, -0.15) is 0 Å². The molecule has 0 spiro atoms. The lowest BCUT2D eigenvalue weighted by atomic mass is 10.1. The fraction of sp³-hybridized carbons (Fsp3) is 0.833. The Hall–Kier alpha value is -0.900. The molecule has 2 unspecified atom stereocenters. The van der Waals surface area contributed by atoms with E-state index in [2.05, 4.69) is 19.2 Å². The lowest BCUT2D eigenvalue weighted by molar-refractivity contribution is -0.139. The van der Waals surface area contributed by atoms with Crippen molar-refractivity contribution in [3.63, 3.8) is 0 Å². The minimum atomic E-state index is -0.262. The maximum absolute atomic E-state index is 11.9. The predicted octanol–water partition coefficient (Wildman–Crippen LogP) is 0.912. The first kappa shape index (κ1) is 11.6. The van der Waals surface area contributed by atoms with E-state index in [9.17, 15) is 9.59 Å². The van der Waals surface area contributed by atoms with E-state index in [0.717, 1.165) is 25.8 Å². The van der Waals surface area contributed by atoms with Gasteiger partial charge in [0.2, 0.25) is 11.8 Å². The number of carbonyl (C=O) groups is 2. The van der Waals surface area contributed by atoms with Crippen LogP contribution in [0.5, 0.6) is 0 Å². The van der Waals surface area contributed by atoms with Crippen LogP contribution in [-0.2, 0) is 9.59 Å². The molecule has 2 rings (SSSR count). The van der Waals surface area contributed by atoms with E-state index in [-0.39, 0.29) is 23.9 Å². The molecule has 90 valence electrons. The van der Waals surface area contributed by atoms with E-state index in [1.807, 2.05) is 0 Å². The number of nitrogens with zero attached hydrogens (tertiary/aromatic N) is 1. The number of amides is 2. The highest BCUT2D eigenvalue weighted by Gasteiger charge is 2.45. The number of hydrogen-bond donors (Lipinski definition) is 1. The Morgan fingerprint density at radius 1 is 1.44 bits per heavy atom. The highest BCUT2D eigenvalue weighted by Crippen LogP contribution is 2.31. The molecule has 1 aliphatic heterocycles. The number of likely N-dealkylation sites (tertiary alicyclic amines) is 1. The minimum Gasteiger partial charge on any atom is -0.305 e. The second kappa shape index (κ2) is 4.53. The molecule has 0 bridgehead atoms. The first-order chi connectivity index (χ1) is 7.63. The topological polar surface area (TPSA) is 49.4 Å². The van der Waals surface area contributed by atoms with Crippen LogP contribution < -0.4 is 5.32 Å².